The first-order valence-corrected chi connectivity index (χ1v) is 12.0. The van der Waals surface area contributed by atoms with E-state index in [1.165, 1.54) is 11.7 Å². The van der Waals surface area contributed by atoms with Crippen molar-refractivity contribution in [3.63, 3.8) is 0 Å². The van der Waals surface area contributed by atoms with E-state index in [2.05, 4.69) is 21.0 Å². The van der Waals surface area contributed by atoms with Crippen LogP contribution in [-0.2, 0) is 20.8 Å². The third-order valence-corrected chi connectivity index (χ3v) is 5.49. The molecule has 0 bridgehead atoms. The van der Waals surface area contributed by atoms with Crippen molar-refractivity contribution in [2.75, 3.05) is 18.6 Å². The van der Waals surface area contributed by atoms with E-state index in [0.717, 1.165) is 0 Å². The molecule has 8 N–H and O–H groups in total. The number of pyridine rings is 1. The molecule has 0 aliphatic rings. The topological polar surface area (TPSA) is 205 Å². The number of hydrazine groups is 1. The van der Waals surface area contributed by atoms with Gasteiger partial charge >= 0.3 is 5.97 Å². The van der Waals surface area contributed by atoms with Crippen LogP contribution in [0.3, 0.4) is 0 Å². The van der Waals surface area contributed by atoms with Crippen molar-refractivity contribution >= 4 is 29.5 Å². The Bertz CT molecular complexity index is 1080. The van der Waals surface area contributed by atoms with Crippen LogP contribution >= 0.6 is 0 Å². The number of amides is 3. The zero-order valence-electron chi connectivity index (χ0n) is 21.3. The monoisotopic (exact) mass is 530 g/mol. The maximum Gasteiger partial charge on any atom is 0.326 e. The number of hydrogen-bond acceptors (Lipinski definition) is 9. The fourth-order valence-corrected chi connectivity index (χ4v) is 3.62. The number of nitrogens with two attached hydrogens (primary N) is 1. The van der Waals surface area contributed by atoms with Gasteiger partial charge < -0.3 is 25.9 Å². The van der Waals surface area contributed by atoms with Crippen molar-refractivity contribution in [1.82, 2.24) is 21.1 Å². The Morgan fingerprint density at radius 2 is 1.79 bits per heavy atom. The van der Waals surface area contributed by atoms with Gasteiger partial charge in [-0.3, -0.25) is 19.6 Å². The van der Waals surface area contributed by atoms with Crippen LogP contribution in [0.25, 0.3) is 0 Å². The zero-order chi connectivity index (χ0) is 28.1. The molecule has 1 aromatic heterocycles. The number of aromatic nitrogens is 1. The molecule has 2 aromatic rings. The summed E-state index contributed by atoms with van der Waals surface area (Å²) < 4.78 is 5.62. The number of nitrogens with one attached hydrogen (secondary N) is 4. The molecule has 0 aliphatic carbocycles. The lowest BCUT2D eigenvalue weighted by molar-refractivity contribution is -0.143. The molecule has 2 rings (SSSR count). The number of hydrogen-bond donors (Lipinski definition) is 7. The number of benzene rings is 1. The summed E-state index contributed by atoms with van der Waals surface area (Å²) in [5.41, 5.74) is 4.91. The number of hydroxylamine groups is 1. The fraction of sp³-hybridized carbons (Fsp3) is 0.400. The molecular formula is C25H34N6O7. The second-order valence-electron chi connectivity index (χ2n) is 8.99. The Morgan fingerprint density at radius 1 is 1.08 bits per heavy atom. The predicted octanol–water partition coefficient (Wildman–Crippen LogP) is 0.846. The summed E-state index contributed by atoms with van der Waals surface area (Å²) in [5, 5.41) is 23.6. The van der Waals surface area contributed by atoms with E-state index in [4.69, 9.17) is 15.8 Å². The first kappa shape index (κ1) is 30.0. The number of carboxylic acids is 1. The summed E-state index contributed by atoms with van der Waals surface area (Å²) in [7, 11) is 0. The number of carboxylic acid groups (broad SMARTS) is 1. The summed E-state index contributed by atoms with van der Waals surface area (Å²) in [6.45, 7) is 4.20. The van der Waals surface area contributed by atoms with Crippen LogP contribution in [0.2, 0.25) is 0 Å². The number of ether oxygens (including phenoxy) is 1. The number of aliphatic carboxylic acids is 1. The molecule has 0 fully saturated rings. The predicted molar refractivity (Wildman–Crippen MR) is 137 cm³/mol. The third kappa shape index (κ3) is 10.0. The molecule has 0 unspecified atom stereocenters. The van der Waals surface area contributed by atoms with Gasteiger partial charge in [0.05, 0.1) is 12.1 Å². The number of carbonyl (C=O) groups excluding carboxylic acids is 3. The van der Waals surface area contributed by atoms with Crippen LogP contribution in [0.4, 0.5) is 5.82 Å². The minimum Gasteiger partial charge on any atom is -0.492 e. The summed E-state index contributed by atoms with van der Waals surface area (Å²) in [4.78, 5) is 52.2. The second-order valence-corrected chi connectivity index (χ2v) is 8.99. The van der Waals surface area contributed by atoms with Gasteiger partial charge in [0.1, 0.15) is 24.2 Å². The highest BCUT2D eigenvalue weighted by Gasteiger charge is 2.28. The largest absolute Gasteiger partial charge is 0.492 e. The number of carbonyl (C=O) groups is 4. The Hall–Kier alpha value is -4.23. The van der Waals surface area contributed by atoms with E-state index in [0.29, 0.717) is 29.1 Å². The van der Waals surface area contributed by atoms with E-state index in [9.17, 15) is 24.3 Å². The van der Waals surface area contributed by atoms with Crippen LogP contribution in [0.15, 0.2) is 42.6 Å². The lowest BCUT2D eigenvalue weighted by Crippen LogP contribution is -2.46. The molecule has 1 heterocycles. The van der Waals surface area contributed by atoms with Gasteiger partial charge in [-0.25, -0.2) is 21.1 Å². The highest BCUT2D eigenvalue weighted by Crippen LogP contribution is 2.18. The summed E-state index contributed by atoms with van der Waals surface area (Å²) in [6.07, 6.45) is 1.51. The molecule has 13 nitrogen and oxygen atoms in total. The molecule has 2 atom stereocenters. The van der Waals surface area contributed by atoms with Gasteiger partial charge in [-0.15, -0.1) is 0 Å². The molecule has 0 aliphatic heterocycles. The van der Waals surface area contributed by atoms with Crippen LogP contribution in [0.5, 0.6) is 5.75 Å². The third-order valence-electron chi connectivity index (χ3n) is 5.49. The van der Waals surface area contributed by atoms with Crippen molar-refractivity contribution in [2.45, 2.75) is 39.2 Å². The molecule has 0 radical (unpaired) electrons. The van der Waals surface area contributed by atoms with Crippen molar-refractivity contribution in [3.05, 3.63) is 53.7 Å². The quantitative estimate of drug-likeness (QED) is 0.0748. The van der Waals surface area contributed by atoms with Crippen LogP contribution < -0.4 is 32.1 Å². The highest BCUT2D eigenvalue weighted by molar-refractivity contribution is 5.94. The fourth-order valence-electron chi connectivity index (χ4n) is 3.62. The Labute approximate surface area is 220 Å². The van der Waals surface area contributed by atoms with E-state index in [1.807, 2.05) is 13.8 Å². The molecule has 1 aromatic carbocycles. The highest BCUT2D eigenvalue weighted by atomic mass is 16.5. The molecule has 3 amide bonds. The van der Waals surface area contributed by atoms with Gasteiger partial charge in [-0.1, -0.05) is 26.0 Å². The number of anilines is 1. The van der Waals surface area contributed by atoms with Crippen LogP contribution in [0.1, 0.15) is 42.6 Å². The van der Waals surface area contributed by atoms with E-state index < -0.39 is 29.7 Å². The molecule has 0 saturated heterocycles. The number of rotatable bonds is 15. The summed E-state index contributed by atoms with van der Waals surface area (Å²) in [6, 6.07) is 8.63. The first-order chi connectivity index (χ1) is 18.1. The number of nitrogens with zero attached hydrogens (tertiary/aromatic N) is 1. The van der Waals surface area contributed by atoms with Crippen molar-refractivity contribution in [2.24, 2.45) is 17.7 Å². The van der Waals surface area contributed by atoms with Gasteiger partial charge in [0.25, 0.3) is 5.91 Å². The lowest BCUT2D eigenvalue weighted by Gasteiger charge is -2.21. The van der Waals surface area contributed by atoms with Crippen molar-refractivity contribution in [3.8, 4) is 5.75 Å². The molecular weight excluding hydrogens is 496 g/mol. The lowest BCUT2D eigenvalue weighted by atomic mass is 9.92. The molecule has 206 valence electrons. The molecule has 0 saturated carbocycles. The summed E-state index contributed by atoms with van der Waals surface area (Å²) in [5.74, 6) is 2.69. The molecule has 13 heteroatoms. The number of nitrogen functional groups attached to an aromatic ring is 1. The minimum atomic E-state index is -1.21. The minimum absolute atomic E-state index is 0.0184. The van der Waals surface area contributed by atoms with Crippen LogP contribution in [0, 0.1) is 11.8 Å². The Balaban J connectivity index is 1.86. The SMILES string of the molecule is CC(C)C[C@H](CC(=O)NO)C(=O)N[C@@H](Cc1ccc(OCCNC(=O)c2ccc(NN)nc2)cc1)C(=O)O. The Morgan fingerprint density at radius 3 is 2.34 bits per heavy atom. The second kappa shape index (κ2) is 15.1. The standard InChI is InChI=1S/C25H34N6O7/c1-15(2)11-18(13-22(32)31-37)24(34)29-20(25(35)36)12-16-3-6-19(7-4-16)38-10-9-27-23(33)17-5-8-21(30-26)28-14-17/h3-8,14-15,18,20,37H,9-13,26H2,1-2H3,(H,27,33)(H,28,30)(H,29,34)(H,31,32)(H,35,36)/t18-,20+/m1/s1. The van der Waals surface area contributed by atoms with Gasteiger partial charge in [0, 0.05) is 25.0 Å². The molecule has 0 spiro atoms. The smallest absolute Gasteiger partial charge is 0.326 e. The maximum atomic E-state index is 12.7. The van der Waals surface area contributed by atoms with E-state index in [-0.39, 0.29) is 37.8 Å². The average Bonchev–Trinajstić information content (AvgIpc) is 2.90. The van der Waals surface area contributed by atoms with E-state index >= 15 is 0 Å². The van der Waals surface area contributed by atoms with Crippen molar-refractivity contribution in [1.29, 1.82) is 0 Å². The average molecular weight is 531 g/mol. The normalized spacial score (nSPS) is 12.2. The van der Waals surface area contributed by atoms with Gasteiger partial charge in [0.15, 0.2) is 0 Å². The van der Waals surface area contributed by atoms with Gasteiger partial charge in [-0.2, -0.15) is 0 Å². The van der Waals surface area contributed by atoms with E-state index in [1.54, 1.807) is 36.4 Å². The molecule has 38 heavy (non-hydrogen) atoms. The van der Waals surface area contributed by atoms with Gasteiger partial charge in [0.2, 0.25) is 11.8 Å². The Kier molecular flexibility index (Phi) is 11.9. The summed E-state index contributed by atoms with van der Waals surface area (Å²) >= 11 is 0. The van der Waals surface area contributed by atoms with Crippen molar-refractivity contribution < 1.29 is 34.2 Å². The van der Waals surface area contributed by atoms with Gasteiger partial charge in [-0.05, 0) is 42.2 Å². The van der Waals surface area contributed by atoms with Crippen LogP contribution in [-0.4, -0.2) is 58.2 Å². The maximum absolute atomic E-state index is 12.7. The first-order valence-electron chi connectivity index (χ1n) is 12.0. The zero-order valence-corrected chi connectivity index (χ0v) is 21.3.